The molecule has 0 aliphatic carbocycles. The number of aliphatic carboxylic acids is 1. The summed E-state index contributed by atoms with van der Waals surface area (Å²) in [5.74, 6) is -1.82. The first-order chi connectivity index (χ1) is 8.32. The third-order valence-corrected chi connectivity index (χ3v) is 3.09. The third kappa shape index (κ3) is 3.54. The van der Waals surface area contributed by atoms with E-state index in [9.17, 15) is 14.7 Å². The van der Waals surface area contributed by atoms with Crippen LogP contribution in [0.3, 0.4) is 0 Å². The van der Waals surface area contributed by atoms with E-state index in [-0.39, 0.29) is 0 Å². The average molecular weight is 316 g/mol. The summed E-state index contributed by atoms with van der Waals surface area (Å²) in [7, 11) is 0. The fourth-order valence-corrected chi connectivity index (χ4v) is 1.85. The number of benzene rings is 1. The Morgan fingerprint density at radius 2 is 2.00 bits per heavy atom. The molecule has 6 heteroatoms. The molecule has 1 aromatic carbocycles. The van der Waals surface area contributed by atoms with Crippen LogP contribution in [0.5, 0.6) is 0 Å². The maximum absolute atomic E-state index is 11.9. The largest absolute Gasteiger partial charge is 0.480 e. The fraction of sp³-hybridized carbons (Fsp3) is 0.333. The van der Waals surface area contributed by atoms with Gasteiger partial charge in [-0.15, -0.1) is 0 Å². The lowest BCUT2D eigenvalue weighted by molar-refractivity contribution is -0.141. The number of hydrogen-bond donors (Lipinski definition) is 3. The summed E-state index contributed by atoms with van der Waals surface area (Å²) in [5, 5.41) is 20.5. The van der Waals surface area contributed by atoms with E-state index in [4.69, 9.17) is 5.11 Å². The summed E-state index contributed by atoms with van der Waals surface area (Å²) in [6, 6.07) is 3.84. The van der Waals surface area contributed by atoms with Gasteiger partial charge in [-0.25, -0.2) is 4.79 Å². The van der Waals surface area contributed by atoms with Crippen molar-refractivity contribution in [2.24, 2.45) is 0 Å². The van der Waals surface area contributed by atoms with Gasteiger partial charge in [0, 0.05) is 4.47 Å². The second-order valence-electron chi connectivity index (χ2n) is 4.01. The monoisotopic (exact) mass is 315 g/mol. The van der Waals surface area contributed by atoms with Crippen LogP contribution in [-0.2, 0) is 4.79 Å². The lowest BCUT2D eigenvalue weighted by Gasteiger charge is -2.17. The van der Waals surface area contributed by atoms with Crippen molar-refractivity contribution in [1.29, 1.82) is 0 Å². The van der Waals surface area contributed by atoms with E-state index in [1.165, 1.54) is 6.92 Å². The third-order valence-electron chi connectivity index (χ3n) is 2.40. The lowest BCUT2D eigenvalue weighted by atomic mass is 10.1. The Labute approximate surface area is 113 Å². The molecule has 0 radical (unpaired) electrons. The van der Waals surface area contributed by atoms with Crippen molar-refractivity contribution in [1.82, 2.24) is 5.32 Å². The van der Waals surface area contributed by atoms with Crippen LogP contribution < -0.4 is 5.32 Å². The molecule has 0 saturated heterocycles. The van der Waals surface area contributed by atoms with Gasteiger partial charge in [0.15, 0.2) is 6.04 Å². The molecule has 0 saturated carbocycles. The van der Waals surface area contributed by atoms with Crippen molar-refractivity contribution >= 4 is 27.8 Å². The van der Waals surface area contributed by atoms with Crippen molar-refractivity contribution in [2.45, 2.75) is 26.0 Å². The van der Waals surface area contributed by atoms with Gasteiger partial charge in [0.1, 0.15) is 0 Å². The normalized spacial score (nSPS) is 13.8. The number of carboxylic acid groups (broad SMARTS) is 1. The molecule has 0 aromatic heterocycles. The molecule has 0 spiro atoms. The first-order valence-corrected chi connectivity index (χ1v) is 6.10. The zero-order valence-electron chi connectivity index (χ0n) is 9.98. The summed E-state index contributed by atoms with van der Waals surface area (Å²) in [6.07, 6.45) is -1.17. The summed E-state index contributed by atoms with van der Waals surface area (Å²) in [4.78, 5) is 22.8. The topological polar surface area (TPSA) is 86.6 Å². The van der Waals surface area contributed by atoms with Crippen LogP contribution in [0.25, 0.3) is 0 Å². The van der Waals surface area contributed by atoms with Gasteiger partial charge in [0.2, 0.25) is 0 Å². The molecule has 2 unspecified atom stereocenters. The lowest BCUT2D eigenvalue weighted by Crippen LogP contribution is -2.47. The zero-order valence-corrected chi connectivity index (χ0v) is 11.6. The van der Waals surface area contributed by atoms with Crippen LogP contribution in [0, 0.1) is 6.92 Å². The highest BCUT2D eigenvalue weighted by Gasteiger charge is 2.26. The maximum Gasteiger partial charge on any atom is 0.328 e. The standard InChI is InChI=1S/C12H14BrNO4/c1-6-3-4-9(13)8(5-6)11(16)14-10(7(2)15)12(17)18/h3-5,7,10,15H,1-2H3,(H,14,16)(H,17,18). The molecule has 18 heavy (non-hydrogen) atoms. The number of nitrogens with one attached hydrogen (secondary N) is 1. The Morgan fingerprint density at radius 3 is 2.50 bits per heavy atom. The molecule has 5 nitrogen and oxygen atoms in total. The van der Waals surface area contributed by atoms with Gasteiger partial charge in [-0.1, -0.05) is 11.6 Å². The molecular formula is C12H14BrNO4. The Hall–Kier alpha value is -1.40. The Kier molecular flexibility index (Phi) is 4.86. The first kappa shape index (κ1) is 14.7. The van der Waals surface area contributed by atoms with Gasteiger partial charge in [0.05, 0.1) is 11.7 Å². The molecule has 0 bridgehead atoms. The molecule has 0 aliphatic rings. The number of halogens is 1. The number of hydrogen-bond acceptors (Lipinski definition) is 3. The quantitative estimate of drug-likeness (QED) is 0.782. The van der Waals surface area contributed by atoms with Gasteiger partial charge in [-0.05, 0) is 41.9 Å². The predicted octanol–water partition coefficient (Wildman–Crippen LogP) is 1.32. The van der Waals surface area contributed by atoms with Crippen molar-refractivity contribution < 1.29 is 19.8 Å². The molecule has 1 rings (SSSR count). The molecule has 0 fully saturated rings. The number of aliphatic hydroxyl groups excluding tert-OH is 1. The Balaban J connectivity index is 2.94. The molecule has 0 heterocycles. The van der Waals surface area contributed by atoms with E-state index < -0.39 is 24.0 Å². The van der Waals surface area contributed by atoms with Crippen molar-refractivity contribution in [3.63, 3.8) is 0 Å². The second kappa shape index (κ2) is 5.97. The minimum atomic E-state index is -1.33. The van der Waals surface area contributed by atoms with Crippen LogP contribution in [0.2, 0.25) is 0 Å². The summed E-state index contributed by atoms with van der Waals surface area (Å²) >= 11 is 3.22. The number of carbonyl (C=O) groups excluding carboxylic acids is 1. The first-order valence-electron chi connectivity index (χ1n) is 5.31. The average Bonchev–Trinajstić information content (AvgIpc) is 2.28. The van der Waals surface area contributed by atoms with E-state index in [0.717, 1.165) is 5.56 Å². The number of aryl methyl sites for hydroxylation is 1. The van der Waals surface area contributed by atoms with Crippen molar-refractivity contribution in [3.8, 4) is 0 Å². The van der Waals surface area contributed by atoms with E-state index in [1.807, 2.05) is 13.0 Å². The van der Waals surface area contributed by atoms with E-state index in [0.29, 0.717) is 10.0 Å². The summed E-state index contributed by atoms with van der Waals surface area (Å²) < 4.78 is 0.570. The van der Waals surface area contributed by atoms with Crippen LogP contribution in [0.15, 0.2) is 22.7 Å². The highest BCUT2D eigenvalue weighted by Crippen LogP contribution is 2.18. The Bertz CT molecular complexity index is 473. The highest BCUT2D eigenvalue weighted by molar-refractivity contribution is 9.10. The minimum absolute atomic E-state index is 0.335. The number of aliphatic hydroxyl groups is 1. The van der Waals surface area contributed by atoms with Gasteiger partial charge in [-0.3, -0.25) is 4.79 Å². The molecule has 3 N–H and O–H groups in total. The maximum atomic E-state index is 11.9. The molecule has 2 atom stereocenters. The Morgan fingerprint density at radius 1 is 1.39 bits per heavy atom. The van der Waals surface area contributed by atoms with Crippen LogP contribution in [0.1, 0.15) is 22.8 Å². The van der Waals surface area contributed by atoms with Crippen molar-refractivity contribution in [2.75, 3.05) is 0 Å². The van der Waals surface area contributed by atoms with Crippen molar-refractivity contribution in [3.05, 3.63) is 33.8 Å². The van der Waals surface area contributed by atoms with Gasteiger partial charge < -0.3 is 15.5 Å². The smallest absolute Gasteiger partial charge is 0.328 e. The number of carboxylic acids is 1. The zero-order chi connectivity index (χ0) is 13.9. The SMILES string of the molecule is Cc1ccc(Br)c(C(=O)NC(C(=O)O)C(C)O)c1. The minimum Gasteiger partial charge on any atom is -0.480 e. The van der Waals surface area contributed by atoms with Gasteiger partial charge in [0.25, 0.3) is 5.91 Å². The van der Waals surface area contributed by atoms with Crippen LogP contribution >= 0.6 is 15.9 Å². The van der Waals surface area contributed by atoms with Gasteiger partial charge in [-0.2, -0.15) is 0 Å². The molecule has 0 aliphatic heterocycles. The van der Waals surface area contributed by atoms with Gasteiger partial charge >= 0.3 is 5.97 Å². The predicted molar refractivity (Wildman–Crippen MR) is 69.4 cm³/mol. The second-order valence-corrected chi connectivity index (χ2v) is 4.87. The van der Waals surface area contributed by atoms with E-state index >= 15 is 0 Å². The summed E-state index contributed by atoms with van der Waals surface area (Å²) in [6.45, 7) is 3.14. The number of rotatable bonds is 4. The molecule has 1 amide bonds. The molecule has 98 valence electrons. The van der Waals surface area contributed by atoms with Crippen LogP contribution in [0.4, 0.5) is 0 Å². The van der Waals surface area contributed by atoms with E-state index in [1.54, 1.807) is 12.1 Å². The highest BCUT2D eigenvalue weighted by atomic mass is 79.9. The fourth-order valence-electron chi connectivity index (χ4n) is 1.42. The van der Waals surface area contributed by atoms with Crippen LogP contribution in [-0.4, -0.2) is 34.2 Å². The summed E-state index contributed by atoms with van der Waals surface area (Å²) in [5.41, 5.74) is 1.22. The molecular weight excluding hydrogens is 302 g/mol. The van der Waals surface area contributed by atoms with E-state index in [2.05, 4.69) is 21.2 Å². The number of carbonyl (C=O) groups is 2. The molecule has 1 aromatic rings. The number of amides is 1.